The van der Waals surface area contributed by atoms with Gasteiger partial charge in [-0.3, -0.25) is 4.79 Å². The van der Waals surface area contributed by atoms with Gasteiger partial charge in [0.25, 0.3) is 0 Å². The molecule has 0 aliphatic heterocycles. The van der Waals surface area contributed by atoms with Gasteiger partial charge in [-0.15, -0.1) is 12.4 Å². The largest absolute Gasteiger partial charge is 0.392 e. The Balaban J connectivity index is 0.00000324. The maximum atomic E-state index is 12.8. The van der Waals surface area contributed by atoms with Gasteiger partial charge in [-0.25, -0.2) is 0 Å². The molecular weight excluding hydrogens is 281 g/mol. The van der Waals surface area contributed by atoms with Crippen LogP contribution in [0.5, 0.6) is 0 Å². The van der Waals surface area contributed by atoms with Crippen molar-refractivity contribution in [2.24, 2.45) is 11.8 Å². The lowest BCUT2D eigenvalue weighted by Crippen LogP contribution is -2.40. The fourth-order valence-corrected chi connectivity index (χ4v) is 2.45. The molecule has 0 aromatic carbocycles. The second-order valence-electron chi connectivity index (χ2n) is 4.85. The minimum absolute atomic E-state index is 0. The predicted octanol–water partition coefficient (Wildman–Crippen LogP) is 2.50. The molecule has 2 N–H and O–H groups in total. The molecule has 1 rings (SSSR count). The van der Waals surface area contributed by atoms with Crippen molar-refractivity contribution < 1.29 is 18.0 Å². The molecule has 1 saturated carbocycles. The predicted molar refractivity (Wildman–Crippen MR) is 70.3 cm³/mol. The zero-order chi connectivity index (χ0) is 13.6. The molecule has 1 aliphatic carbocycles. The maximum absolute atomic E-state index is 12.8. The van der Waals surface area contributed by atoms with Crippen molar-refractivity contribution in [3.8, 4) is 0 Å². The molecule has 0 spiro atoms. The molecule has 1 amide bonds. The Hall–Kier alpha value is -0.490. The molecule has 1 aliphatic rings. The van der Waals surface area contributed by atoms with E-state index in [0.29, 0.717) is 25.8 Å². The number of alkyl halides is 3. The fourth-order valence-electron chi connectivity index (χ4n) is 2.45. The summed E-state index contributed by atoms with van der Waals surface area (Å²) in [5.74, 6) is -1.90. The molecule has 7 heteroatoms. The van der Waals surface area contributed by atoms with Crippen LogP contribution in [0.2, 0.25) is 0 Å². The van der Waals surface area contributed by atoms with Crippen molar-refractivity contribution in [3.63, 3.8) is 0 Å². The van der Waals surface area contributed by atoms with Crippen molar-refractivity contribution in [2.75, 3.05) is 20.1 Å². The Morgan fingerprint density at radius 3 is 2.47 bits per heavy atom. The van der Waals surface area contributed by atoms with E-state index in [1.54, 1.807) is 7.05 Å². The van der Waals surface area contributed by atoms with Crippen LogP contribution in [0.4, 0.5) is 13.2 Å². The van der Waals surface area contributed by atoms with E-state index in [1.807, 2.05) is 0 Å². The van der Waals surface area contributed by atoms with Crippen molar-refractivity contribution in [2.45, 2.75) is 38.3 Å². The maximum Gasteiger partial charge on any atom is 0.392 e. The van der Waals surface area contributed by atoms with E-state index >= 15 is 0 Å². The van der Waals surface area contributed by atoms with Crippen molar-refractivity contribution in [3.05, 3.63) is 0 Å². The van der Waals surface area contributed by atoms with Crippen LogP contribution in [0.1, 0.15) is 32.1 Å². The molecule has 114 valence electrons. The van der Waals surface area contributed by atoms with Crippen LogP contribution in [0, 0.1) is 11.8 Å². The second kappa shape index (κ2) is 8.64. The summed E-state index contributed by atoms with van der Waals surface area (Å²) in [7, 11) is 1.73. The number of amides is 1. The highest BCUT2D eigenvalue weighted by Gasteiger charge is 2.45. The first-order valence-corrected chi connectivity index (χ1v) is 6.43. The Labute approximate surface area is 118 Å². The number of halogens is 4. The van der Waals surface area contributed by atoms with Gasteiger partial charge in [0.2, 0.25) is 5.91 Å². The minimum atomic E-state index is -4.14. The highest BCUT2D eigenvalue weighted by molar-refractivity contribution is 5.85. The van der Waals surface area contributed by atoms with E-state index < -0.39 is 18.0 Å². The first-order chi connectivity index (χ1) is 8.45. The number of hydrogen-bond donors (Lipinski definition) is 2. The summed E-state index contributed by atoms with van der Waals surface area (Å²) in [6.07, 6.45) is -1.63. The lowest BCUT2D eigenvalue weighted by Gasteiger charge is -2.33. The average molecular weight is 303 g/mol. The van der Waals surface area contributed by atoms with Gasteiger partial charge >= 0.3 is 6.18 Å². The number of carbonyl (C=O) groups excluding carboxylic acids is 1. The van der Waals surface area contributed by atoms with Gasteiger partial charge in [-0.2, -0.15) is 13.2 Å². The highest BCUT2D eigenvalue weighted by Crippen LogP contribution is 2.41. The van der Waals surface area contributed by atoms with Crippen molar-refractivity contribution >= 4 is 18.3 Å². The quantitative estimate of drug-likeness (QED) is 0.819. The molecule has 2 unspecified atom stereocenters. The third kappa shape index (κ3) is 6.47. The molecule has 0 bridgehead atoms. The zero-order valence-corrected chi connectivity index (χ0v) is 11.9. The summed E-state index contributed by atoms with van der Waals surface area (Å²) in [6, 6.07) is 0. The third-order valence-electron chi connectivity index (χ3n) is 3.49. The molecular formula is C12H22ClF3N2O. The van der Waals surface area contributed by atoms with Gasteiger partial charge in [0.1, 0.15) is 0 Å². The summed E-state index contributed by atoms with van der Waals surface area (Å²) in [4.78, 5) is 11.4. The monoisotopic (exact) mass is 302 g/mol. The van der Waals surface area contributed by atoms with E-state index in [0.717, 1.165) is 6.42 Å². The van der Waals surface area contributed by atoms with E-state index in [4.69, 9.17) is 0 Å². The molecule has 0 aromatic heterocycles. The SMILES string of the molecule is CNCCC(=O)NCC1CCCCC1C(F)(F)F.Cl. The Morgan fingerprint density at radius 2 is 1.89 bits per heavy atom. The molecule has 0 saturated heterocycles. The van der Waals surface area contributed by atoms with Gasteiger partial charge < -0.3 is 10.6 Å². The number of rotatable bonds is 5. The van der Waals surface area contributed by atoms with Crippen molar-refractivity contribution in [1.82, 2.24) is 10.6 Å². The van der Waals surface area contributed by atoms with Crippen LogP contribution in [0.25, 0.3) is 0 Å². The molecule has 3 nitrogen and oxygen atoms in total. The summed E-state index contributed by atoms with van der Waals surface area (Å²) in [6.45, 7) is 0.686. The smallest absolute Gasteiger partial charge is 0.356 e. The minimum Gasteiger partial charge on any atom is -0.356 e. The van der Waals surface area contributed by atoms with E-state index in [2.05, 4.69) is 10.6 Å². The Kier molecular flexibility index (Phi) is 8.41. The first kappa shape index (κ1) is 18.5. The van der Waals surface area contributed by atoms with E-state index in [-0.39, 0.29) is 31.3 Å². The molecule has 1 fully saturated rings. The summed E-state index contributed by atoms with van der Waals surface area (Å²) >= 11 is 0. The lowest BCUT2D eigenvalue weighted by atomic mass is 9.78. The van der Waals surface area contributed by atoms with Gasteiger partial charge in [-0.05, 0) is 25.8 Å². The number of nitrogens with one attached hydrogen (secondary N) is 2. The van der Waals surface area contributed by atoms with Crippen LogP contribution >= 0.6 is 12.4 Å². The second-order valence-corrected chi connectivity index (χ2v) is 4.85. The van der Waals surface area contributed by atoms with Gasteiger partial charge in [0.05, 0.1) is 5.92 Å². The van der Waals surface area contributed by atoms with E-state index in [9.17, 15) is 18.0 Å². The highest BCUT2D eigenvalue weighted by atomic mass is 35.5. The molecule has 2 atom stereocenters. The van der Waals surface area contributed by atoms with Crippen LogP contribution < -0.4 is 10.6 Å². The van der Waals surface area contributed by atoms with Gasteiger partial charge in [0.15, 0.2) is 0 Å². The number of hydrogen-bond acceptors (Lipinski definition) is 2. The topological polar surface area (TPSA) is 41.1 Å². The van der Waals surface area contributed by atoms with Crippen LogP contribution in [0.3, 0.4) is 0 Å². The van der Waals surface area contributed by atoms with Crippen molar-refractivity contribution in [1.29, 1.82) is 0 Å². The fraction of sp³-hybridized carbons (Fsp3) is 0.917. The molecule has 0 radical (unpaired) electrons. The lowest BCUT2D eigenvalue weighted by molar-refractivity contribution is -0.195. The van der Waals surface area contributed by atoms with Crippen LogP contribution in [0.15, 0.2) is 0 Å². The normalized spacial score (nSPS) is 23.6. The van der Waals surface area contributed by atoms with Crippen LogP contribution in [-0.2, 0) is 4.79 Å². The Morgan fingerprint density at radius 1 is 1.26 bits per heavy atom. The van der Waals surface area contributed by atoms with Gasteiger partial charge in [-0.1, -0.05) is 12.8 Å². The Bertz CT molecular complexity index is 274. The zero-order valence-electron chi connectivity index (χ0n) is 11.1. The number of carbonyl (C=O) groups is 1. The third-order valence-corrected chi connectivity index (χ3v) is 3.49. The van der Waals surface area contributed by atoms with Crippen LogP contribution in [-0.4, -0.2) is 32.2 Å². The summed E-state index contributed by atoms with van der Waals surface area (Å²) < 4.78 is 38.4. The first-order valence-electron chi connectivity index (χ1n) is 6.43. The summed E-state index contributed by atoms with van der Waals surface area (Å²) in [5, 5.41) is 5.44. The molecule has 0 heterocycles. The average Bonchev–Trinajstić information content (AvgIpc) is 2.33. The van der Waals surface area contributed by atoms with E-state index in [1.165, 1.54) is 0 Å². The summed E-state index contributed by atoms with van der Waals surface area (Å²) in [5.41, 5.74) is 0. The van der Waals surface area contributed by atoms with Gasteiger partial charge in [0, 0.05) is 19.5 Å². The molecule has 0 aromatic rings. The standard InChI is InChI=1S/C12H21F3N2O.ClH/c1-16-7-6-11(18)17-8-9-4-2-3-5-10(9)12(13,14)15;/h9-10,16H,2-8H2,1H3,(H,17,18);1H. The molecule has 19 heavy (non-hydrogen) atoms.